The van der Waals surface area contributed by atoms with Crippen molar-refractivity contribution in [2.24, 2.45) is 0 Å². The number of likely N-dealkylation sites (tertiary alicyclic amines) is 1. The molecule has 132 valence electrons. The summed E-state index contributed by atoms with van der Waals surface area (Å²) in [6.07, 6.45) is 3.31. The third-order valence-electron chi connectivity index (χ3n) is 5.26. The summed E-state index contributed by atoms with van der Waals surface area (Å²) >= 11 is 0. The number of rotatable bonds is 4. The largest absolute Gasteiger partial charge is 0.299 e. The second kappa shape index (κ2) is 6.90. The minimum absolute atomic E-state index is 0.400. The molecule has 0 atom stereocenters. The summed E-state index contributed by atoms with van der Waals surface area (Å²) in [7, 11) is -3.43. The molecule has 2 aromatic rings. The fourth-order valence-corrected chi connectivity index (χ4v) is 5.21. The van der Waals surface area contributed by atoms with Crippen LogP contribution >= 0.6 is 0 Å². The molecule has 0 spiro atoms. The van der Waals surface area contributed by atoms with E-state index in [1.807, 2.05) is 30.3 Å². The van der Waals surface area contributed by atoms with E-state index in [0.29, 0.717) is 18.0 Å². The molecule has 0 aliphatic carbocycles. The summed E-state index contributed by atoms with van der Waals surface area (Å²) in [5.74, 6) is 0. The predicted octanol–water partition coefficient (Wildman–Crippen LogP) is 3.03. The van der Waals surface area contributed by atoms with Crippen LogP contribution in [0, 0.1) is 0 Å². The molecule has 0 bridgehead atoms. The normalized spacial score (nSPS) is 19.0. The number of hydrogen-bond donors (Lipinski definition) is 0. The highest BCUT2D eigenvalue weighted by molar-refractivity contribution is 7.89. The lowest BCUT2D eigenvalue weighted by Gasteiger charge is -2.28. The molecule has 2 aliphatic rings. The zero-order valence-corrected chi connectivity index (χ0v) is 15.2. The average molecular weight is 356 g/mol. The zero-order valence-electron chi connectivity index (χ0n) is 14.4. The highest BCUT2D eigenvalue weighted by Crippen LogP contribution is 2.25. The quantitative estimate of drug-likeness (QED) is 0.845. The molecule has 1 fully saturated rings. The van der Waals surface area contributed by atoms with E-state index < -0.39 is 10.0 Å². The monoisotopic (exact) mass is 356 g/mol. The molecule has 0 aromatic heterocycles. The Morgan fingerprint density at radius 1 is 0.840 bits per heavy atom. The first-order valence-electron chi connectivity index (χ1n) is 9.01. The lowest BCUT2D eigenvalue weighted by Crippen LogP contribution is -2.35. The average Bonchev–Trinajstić information content (AvgIpc) is 3.15. The third-order valence-corrected chi connectivity index (χ3v) is 7.12. The van der Waals surface area contributed by atoms with Crippen LogP contribution in [0.25, 0.3) is 0 Å². The summed E-state index contributed by atoms with van der Waals surface area (Å²) in [5, 5.41) is 0. The van der Waals surface area contributed by atoms with Gasteiger partial charge in [0.25, 0.3) is 0 Å². The van der Waals surface area contributed by atoms with Crippen LogP contribution in [-0.2, 0) is 29.5 Å². The number of nitrogens with zero attached hydrogens (tertiary/aromatic N) is 2. The standard InChI is InChI=1S/C20H24N2O2S/c23-25(24,22-14-11-18-5-1-2-6-19(18)16-22)20-9-7-17(8-10-20)15-21-12-3-4-13-21/h1-2,5-10H,3-4,11-16H2. The molecule has 0 N–H and O–H groups in total. The second-order valence-corrected chi connectivity index (χ2v) is 8.92. The molecular formula is C20H24N2O2S. The lowest BCUT2D eigenvalue weighted by molar-refractivity contribution is 0.331. The van der Waals surface area contributed by atoms with Crippen molar-refractivity contribution in [1.82, 2.24) is 9.21 Å². The lowest BCUT2D eigenvalue weighted by atomic mass is 10.0. The maximum absolute atomic E-state index is 13.0. The van der Waals surface area contributed by atoms with Gasteiger partial charge in [0.2, 0.25) is 10.0 Å². The molecule has 4 rings (SSSR count). The molecule has 5 heteroatoms. The minimum Gasteiger partial charge on any atom is -0.299 e. The Kier molecular flexibility index (Phi) is 4.63. The van der Waals surface area contributed by atoms with Gasteiger partial charge in [-0.15, -0.1) is 0 Å². The van der Waals surface area contributed by atoms with Gasteiger partial charge < -0.3 is 0 Å². The number of benzene rings is 2. The second-order valence-electron chi connectivity index (χ2n) is 6.98. The molecule has 0 unspecified atom stereocenters. The predicted molar refractivity (Wildman–Crippen MR) is 98.7 cm³/mol. The van der Waals surface area contributed by atoms with Crippen molar-refractivity contribution in [1.29, 1.82) is 0 Å². The summed E-state index contributed by atoms with van der Waals surface area (Å²) in [6.45, 7) is 4.22. The SMILES string of the molecule is O=S(=O)(c1ccc(CN2CCCC2)cc1)N1CCc2ccccc2C1. The van der Waals surface area contributed by atoms with E-state index in [0.717, 1.165) is 31.6 Å². The van der Waals surface area contributed by atoms with Gasteiger partial charge >= 0.3 is 0 Å². The minimum atomic E-state index is -3.43. The Morgan fingerprint density at radius 2 is 1.52 bits per heavy atom. The van der Waals surface area contributed by atoms with Crippen LogP contribution in [0.5, 0.6) is 0 Å². The van der Waals surface area contributed by atoms with Crippen molar-refractivity contribution in [3.05, 3.63) is 65.2 Å². The molecular weight excluding hydrogens is 332 g/mol. The molecule has 0 amide bonds. The molecule has 2 heterocycles. The molecule has 0 saturated carbocycles. The smallest absolute Gasteiger partial charge is 0.243 e. The number of fused-ring (bicyclic) bond motifs is 1. The van der Waals surface area contributed by atoms with Crippen molar-refractivity contribution in [2.45, 2.75) is 37.2 Å². The molecule has 1 saturated heterocycles. The van der Waals surface area contributed by atoms with Crippen molar-refractivity contribution in [3.8, 4) is 0 Å². The molecule has 2 aromatic carbocycles. The third kappa shape index (κ3) is 3.50. The van der Waals surface area contributed by atoms with Gasteiger partial charge in [0.05, 0.1) is 4.90 Å². The van der Waals surface area contributed by atoms with Gasteiger partial charge in [-0.05, 0) is 61.2 Å². The molecule has 0 radical (unpaired) electrons. The zero-order chi connectivity index (χ0) is 17.3. The van der Waals surface area contributed by atoms with E-state index in [1.54, 1.807) is 16.4 Å². The summed E-state index contributed by atoms with van der Waals surface area (Å²) in [4.78, 5) is 2.82. The Balaban J connectivity index is 1.50. The van der Waals surface area contributed by atoms with E-state index >= 15 is 0 Å². The van der Waals surface area contributed by atoms with Crippen LogP contribution in [0.4, 0.5) is 0 Å². The summed E-state index contributed by atoms with van der Waals surface area (Å²) < 4.78 is 27.5. The van der Waals surface area contributed by atoms with E-state index in [-0.39, 0.29) is 0 Å². The fourth-order valence-electron chi connectivity index (χ4n) is 3.79. The van der Waals surface area contributed by atoms with Crippen molar-refractivity contribution in [2.75, 3.05) is 19.6 Å². The van der Waals surface area contributed by atoms with Gasteiger partial charge in [0.1, 0.15) is 0 Å². The van der Waals surface area contributed by atoms with Gasteiger partial charge in [0.15, 0.2) is 0 Å². The van der Waals surface area contributed by atoms with Crippen LogP contribution in [0.15, 0.2) is 53.4 Å². The molecule has 4 nitrogen and oxygen atoms in total. The van der Waals surface area contributed by atoms with Crippen LogP contribution in [0.2, 0.25) is 0 Å². The maximum atomic E-state index is 13.0. The summed E-state index contributed by atoms with van der Waals surface area (Å²) in [5.41, 5.74) is 3.56. The first kappa shape index (κ1) is 16.8. The maximum Gasteiger partial charge on any atom is 0.243 e. The van der Waals surface area contributed by atoms with Crippen LogP contribution in [-0.4, -0.2) is 37.3 Å². The van der Waals surface area contributed by atoms with E-state index in [2.05, 4.69) is 11.0 Å². The van der Waals surface area contributed by atoms with E-state index in [4.69, 9.17) is 0 Å². The van der Waals surface area contributed by atoms with E-state index in [9.17, 15) is 8.42 Å². The molecule has 2 aliphatic heterocycles. The Morgan fingerprint density at radius 3 is 2.24 bits per heavy atom. The Bertz CT molecular complexity index is 840. The van der Waals surface area contributed by atoms with Crippen molar-refractivity contribution >= 4 is 10.0 Å². The number of hydrogen-bond acceptors (Lipinski definition) is 3. The van der Waals surface area contributed by atoms with E-state index in [1.165, 1.54) is 24.0 Å². The molecule has 25 heavy (non-hydrogen) atoms. The van der Waals surface area contributed by atoms with Crippen molar-refractivity contribution in [3.63, 3.8) is 0 Å². The van der Waals surface area contributed by atoms with Gasteiger partial charge in [0, 0.05) is 19.6 Å². The van der Waals surface area contributed by atoms with Gasteiger partial charge in [-0.1, -0.05) is 36.4 Å². The van der Waals surface area contributed by atoms with Crippen LogP contribution in [0.1, 0.15) is 29.5 Å². The van der Waals surface area contributed by atoms with Gasteiger partial charge in [-0.2, -0.15) is 4.31 Å². The highest BCUT2D eigenvalue weighted by atomic mass is 32.2. The number of sulfonamides is 1. The van der Waals surface area contributed by atoms with Gasteiger partial charge in [-0.25, -0.2) is 8.42 Å². The van der Waals surface area contributed by atoms with Gasteiger partial charge in [-0.3, -0.25) is 4.90 Å². The fraction of sp³-hybridized carbons (Fsp3) is 0.400. The van der Waals surface area contributed by atoms with Crippen molar-refractivity contribution < 1.29 is 8.42 Å². The highest BCUT2D eigenvalue weighted by Gasteiger charge is 2.28. The first-order valence-corrected chi connectivity index (χ1v) is 10.5. The first-order chi connectivity index (χ1) is 12.1. The topological polar surface area (TPSA) is 40.6 Å². The Labute approximate surface area is 150 Å². The van der Waals surface area contributed by atoms with Crippen LogP contribution in [0.3, 0.4) is 0 Å². The summed E-state index contributed by atoms with van der Waals surface area (Å²) in [6, 6.07) is 15.6. The Hall–Kier alpha value is -1.69. The van der Waals surface area contributed by atoms with Crippen LogP contribution < -0.4 is 0 Å².